The molecule has 2 rings (SSSR count). The SMILES string of the molecule is CCCOc1ncccc1CN=C(N)Nc1ccc(OC)cc1.I. The first-order valence-corrected chi connectivity index (χ1v) is 7.50. The Hall–Kier alpha value is -2.03. The summed E-state index contributed by atoms with van der Waals surface area (Å²) in [6.07, 6.45) is 2.64. The number of benzene rings is 1. The lowest BCUT2D eigenvalue weighted by atomic mass is 10.3. The van der Waals surface area contributed by atoms with E-state index in [1.54, 1.807) is 13.3 Å². The highest BCUT2D eigenvalue weighted by Crippen LogP contribution is 2.17. The van der Waals surface area contributed by atoms with Crippen molar-refractivity contribution in [2.45, 2.75) is 19.9 Å². The fraction of sp³-hybridized carbons (Fsp3) is 0.294. The number of pyridine rings is 1. The molecule has 3 N–H and O–H groups in total. The van der Waals surface area contributed by atoms with Crippen molar-refractivity contribution in [1.82, 2.24) is 4.98 Å². The van der Waals surface area contributed by atoms with Gasteiger partial charge < -0.3 is 20.5 Å². The van der Waals surface area contributed by atoms with Crippen LogP contribution in [0.15, 0.2) is 47.6 Å². The molecule has 0 aliphatic rings. The summed E-state index contributed by atoms with van der Waals surface area (Å²) in [4.78, 5) is 8.56. The second-order valence-electron chi connectivity index (χ2n) is 4.87. The Balaban J connectivity index is 0.00000288. The molecule has 0 spiro atoms. The lowest BCUT2D eigenvalue weighted by Crippen LogP contribution is -2.22. The Labute approximate surface area is 159 Å². The van der Waals surface area contributed by atoms with E-state index in [4.69, 9.17) is 15.2 Å². The maximum Gasteiger partial charge on any atom is 0.218 e. The summed E-state index contributed by atoms with van der Waals surface area (Å²) in [5.74, 6) is 1.73. The molecule has 1 aromatic heterocycles. The molecule has 24 heavy (non-hydrogen) atoms. The molecule has 7 heteroatoms. The van der Waals surface area contributed by atoms with Crippen molar-refractivity contribution in [2.75, 3.05) is 19.0 Å². The van der Waals surface area contributed by atoms with Gasteiger partial charge in [-0.1, -0.05) is 13.0 Å². The monoisotopic (exact) mass is 442 g/mol. The Morgan fingerprint density at radius 3 is 2.67 bits per heavy atom. The predicted octanol–water partition coefficient (Wildman–Crippen LogP) is 3.42. The number of guanidine groups is 1. The summed E-state index contributed by atoms with van der Waals surface area (Å²) < 4.78 is 10.7. The highest BCUT2D eigenvalue weighted by atomic mass is 127. The van der Waals surface area contributed by atoms with Gasteiger partial charge in [-0.25, -0.2) is 9.98 Å². The normalized spacial score (nSPS) is 10.7. The van der Waals surface area contributed by atoms with E-state index in [0.29, 0.717) is 25.0 Å². The van der Waals surface area contributed by atoms with Gasteiger partial charge in [0.15, 0.2) is 5.96 Å². The summed E-state index contributed by atoms with van der Waals surface area (Å²) in [6.45, 7) is 3.09. The van der Waals surface area contributed by atoms with Gasteiger partial charge in [0.2, 0.25) is 5.88 Å². The molecule has 0 amide bonds. The number of nitrogens with one attached hydrogen (secondary N) is 1. The van der Waals surface area contributed by atoms with E-state index in [1.165, 1.54) is 0 Å². The van der Waals surface area contributed by atoms with E-state index < -0.39 is 0 Å². The van der Waals surface area contributed by atoms with Gasteiger partial charge in [0.05, 0.1) is 20.3 Å². The quantitative estimate of drug-likeness (QED) is 0.390. The van der Waals surface area contributed by atoms with Crippen molar-refractivity contribution in [3.63, 3.8) is 0 Å². The highest BCUT2D eigenvalue weighted by Gasteiger charge is 2.04. The first kappa shape index (κ1) is 20.0. The van der Waals surface area contributed by atoms with Gasteiger partial charge >= 0.3 is 0 Å². The third-order valence-corrected chi connectivity index (χ3v) is 3.08. The molecule has 1 heterocycles. The number of nitrogens with two attached hydrogens (primary N) is 1. The topological polar surface area (TPSA) is 81.8 Å². The lowest BCUT2D eigenvalue weighted by Gasteiger charge is -2.09. The van der Waals surface area contributed by atoms with E-state index in [1.807, 2.05) is 36.4 Å². The van der Waals surface area contributed by atoms with E-state index in [2.05, 4.69) is 22.2 Å². The molecule has 0 aliphatic carbocycles. The average Bonchev–Trinajstić information content (AvgIpc) is 2.59. The smallest absolute Gasteiger partial charge is 0.218 e. The van der Waals surface area contributed by atoms with Crippen LogP contribution in [0.2, 0.25) is 0 Å². The molecule has 0 atom stereocenters. The third kappa shape index (κ3) is 6.23. The molecule has 1 aromatic carbocycles. The van der Waals surface area contributed by atoms with Crippen molar-refractivity contribution in [2.24, 2.45) is 10.7 Å². The number of halogens is 1. The van der Waals surface area contributed by atoms with Crippen molar-refractivity contribution in [3.05, 3.63) is 48.2 Å². The largest absolute Gasteiger partial charge is 0.497 e. The second-order valence-corrected chi connectivity index (χ2v) is 4.87. The summed E-state index contributed by atoms with van der Waals surface area (Å²) in [6, 6.07) is 11.3. The number of rotatable bonds is 7. The number of aliphatic imine (C=N–C) groups is 1. The number of hydrogen-bond donors (Lipinski definition) is 2. The van der Waals surface area contributed by atoms with Crippen LogP contribution < -0.4 is 20.5 Å². The van der Waals surface area contributed by atoms with Crippen molar-refractivity contribution in [1.29, 1.82) is 0 Å². The van der Waals surface area contributed by atoms with Crippen LogP contribution >= 0.6 is 24.0 Å². The second kappa shape index (κ2) is 10.7. The molecule has 0 fully saturated rings. The van der Waals surface area contributed by atoms with E-state index in [9.17, 15) is 0 Å². The molecular weight excluding hydrogens is 419 g/mol. The third-order valence-electron chi connectivity index (χ3n) is 3.08. The van der Waals surface area contributed by atoms with E-state index >= 15 is 0 Å². The zero-order valence-electron chi connectivity index (χ0n) is 13.9. The van der Waals surface area contributed by atoms with Gasteiger partial charge in [-0.3, -0.25) is 0 Å². The van der Waals surface area contributed by atoms with Gasteiger partial charge in [-0.2, -0.15) is 0 Å². The number of hydrogen-bond acceptors (Lipinski definition) is 4. The molecule has 2 aromatic rings. The predicted molar refractivity (Wildman–Crippen MR) is 107 cm³/mol. The van der Waals surface area contributed by atoms with E-state index in [0.717, 1.165) is 23.4 Å². The van der Waals surface area contributed by atoms with Crippen LogP contribution in [0.1, 0.15) is 18.9 Å². The van der Waals surface area contributed by atoms with Crippen LogP contribution in [0.4, 0.5) is 5.69 Å². The molecule has 0 saturated carbocycles. The molecule has 6 nitrogen and oxygen atoms in total. The van der Waals surface area contributed by atoms with Gasteiger partial charge in [-0.15, -0.1) is 24.0 Å². The minimum absolute atomic E-state index is 0. The molecule has 0 saturated heterocycles. The van der Waals surface area contributed by atoms with Crippen LogP contribution in [-0.2, 0) is 6.54 Å². The number of ether oxygens (including phenoxy) is 2. The molecule has 0 radical (unpaired) electrons. The fourth-order valence-corrected chi connectivity index (χ4v) is 1.91. The van der Waals surface area contributed by atoms with Crippen molar-refractivity contribution >= 4 is 35.6 Å². The van der Waals surface area contributed by atoms with Gasteiger partial charge in [0, 0.05) is 17.4 Å². The van der Waals surface area contributed by atoms with Crippen molar-refractivity contribution in [3.8, 4) is 11.6 Å². The maximum atomic E-state index is 5.92. The summed E-state index contributed by atoms with van der Waals surface area (Å²) in [5, 5.41) is 3.04. The standard InChI is InChI=1S/C17H22N4O2.HI/c1-3-11-23-16-13(5-4-10-19-16)12-20-17(18)21-14-6-8-15(22-2)9-7-14;/h4-10H,3,11-12H2,1-2H3,(H3,18,20,21);1H. The van der Waals surface area contributed by atoms with Gasteiger partial charge in [0.1, 0.15) is 5.75 Å². The van der Waals surface area contributed by atoms with Gasteiger partial charge in [-0.05, 0) is 36.8 Å². The zero-order chi connectivity index (χ0) is 16.5. The number of anilines is 1. The fourth-order valence-electron chi connectivity index (χ4n) is 1.91. The lowest BCUT2D eigenvalue weighted by molar-refractivity contribution is 0.302. The molecule has 0 aliphatic heterocycles. The average molecular weight is 442 g/mol. The number of nitrogens with zero attached hydrogens (tertiary/aromatic N) is 2. The first-order valence-electron chi connectivity index (χ1n) is 7.50. The minimum Gasteiger partial charge on any atom is -0.497 e. The summed E-state index contributed by atoms with van der Waals surface area (Å²) in [7, 11) is 1.63. The van der Waals surface area contributed by atoms with Crippen LogP contribution in [0, 0.1) is 0 Å². The number of methoxy groups -OCH3 is 1. The molecule has 0 bridgehead atoms. The summed E-state index contributed by atoms with van der Waals surface area (Å²) in [5.41, 5.74) is 7.67. The Bertz CT molecular complexity index is 647. The van der Waals surface area contributed by atoms with Crippen LogP contribution in [-0.4, -0.2) is 24.7 Å². The Morgan fingerprint density at radius 2 is 2.00 bits per heavy atom. The highest BCUT2D eigenvalue weighted by molar-refractivity contribution is 14.0. The maximum absolute atomic E-state index is 5.92. The van der Waals surface area contributed by atoms with Crippen LogP contribution in [0.3, 0.4) is 0 Å². The molecule has 0 unspecified atom stereocenters. The Kier molecular flexibility index (Phi) is 8.92. The first-order chi connectivity index (χ1) is 11.2. The number of aromatic nitrogens is 1. The van der Waals surface area contributed by atoms with Crippen LogP contribution in [0.25, 0.3) is 0 Å². The minimum atomic E-state index is 0. The molecule has 130 valence electrons. The Morgan fingerprint density at radius 1 is 1.25 bits per heavy atom. The van der Waals surface area contributed by atoms with E-state index in [-0.39, 0.29) is 24.0 Å². The van der Waals surface area contributed by atoms with Crippen molar-refractivity contribution < 1.29 is 9.47 Å². The van der Waals surface area contributed by atoms with Gasteiger partial charge in [0.25, 0.3) is 0 Å². The molecular formula is C17H23IN4O2. The van der Waals surface area contributed by atoms with Crippen LogP contribution in [0.5, 0.6) is 11.6 Å². The summed E-state index contributed by atoms with van der Waals surface area (Å²) >= 11 is 0. The zero-order valence-corrected chi connectivity index (χ0v) is 16.2.